The largest absolute Gasteiger partial charge is 0.309 e. The van der Waals surface area contributed by atoms with Crippen molar-refractivity contribution in [2.75, 3.05) is 0 Å². The summed E-state index contributed by atoms with van der Waals surface area (Å²) in [6, 6.07) is 65.1. The van der Waals surface area contributed by atoms with Crippen LogP contribution in [0.5, 0.6) is 0 Å². The Balaban J connectivity index is 0.00000125. The van der Waals surface area contributed by atoms with Gasteiger partial charge in [0, 0.05) is 64.3 Å². The second kappa shape index (κ2) is 13.7. The van der Waals surface area contributed by atoms with Crippen LogP contribution in [0.15, 0.2) is 195 Å². The van der Waals surface area contributed by atoms with E-state index in [0.29, 0.717) is 5.82 Å². The van der Waals surface area contributed by atoms with E-state index in [1.165, 1.54) is 69.2 Å². The highest BCUT2D eigenvalue weighted by atomic mass is 32.1. The number of aromatic nitrogens is 4. The Hall–Kier alpha value is -7.34. The first-order valence-electron chi connectivity index (χ1n) is 19.6. The van der Waals surface area contributed by atoms with Crippen molar-refractivity contribution in [2.45, 2.75) is 6.92 Å². The van der Waals surface area contributed by atoms with Crippen LogP contribution in [0.25, 0.3) is 109 Å². The predicted molar refractivity (Wildman–Crippen MR) is 248 cm³/mol. The van der Waals surface area contributed by atoms with Crippen LogP contribution in [-0.4, -0.2) is 19.1 Å². The fraction of sp³-hybridized carbons (Fsp3) is 0.0189. The molecule has 0 spiro atoms. The van der Waals surface area contributed by atoms with Crippen LogP contribution in [-0.2, 0) is 0 Å². The summed E-state index contributed by atoms with van der Waals surface area (Å²) >= 11 is 1.88. The smallest absolute Gasteiger partial charge is 0.162 e. The Morgan fingerprint density at radius 3 is 1.64 bits per heavy atom. The highest BCUT2D eigenvalue weighted by Crippen LogP contribution is 2.48. The summed E-state index contributed by atoms with van der Waals surface area (Å²) in [6.45, 7) is 5.25. The van der Waals surface area contributed by atoms with Gasteiger partial charge in [-0.2, -0.15) is 0 Å². The maximum Gasteiger partial charge on any atom is 0.162 e. The minimum absolute atomic E-state index is 0.702. The summed E-state index contributed by atoms with van der Waals surface area (Å²) in [5.74, 6) is 1.54. The zero-order chi connectivity index (χ0) is 38.7. The average Bonchev–Trinajstić information content (AvgIpc) is 3.94. The van der Waals surface area contributed by atoms with E-state index in [4.69, 9.17) is 9.97 Å². The lowest BCUT2D eigenvalue weighted by Gasteiger charge is -2.12. The van der Waals surface area contributed by atoms with Crippen LogP contribution in [0.1, 0.15) is 6.92 Å². The van der Waals surface area contributed by atoms with Gasteiger partial charge in [-0.15, -0.1) is 17.9 Å². The zero-order valence-corrected chi connectivity index (χ0v) is 32.6. The molecule has 0 aliphatic rings. The highest BCUT2D eigenvalue weighted by Gasteiger charge is 2.23. The molecule has 0 radical (unpaired) electrons. The van der Waals surface area contributed by atoms with Gasteiger partial charge in [-0.25, -0.2) is 9.97 Å². The summed E-state index contributed by atoms with van der Waals surface area (Å²) < 4.78 is 7.37. The van der Waals surface area contributed by atoms with Gasteiger partial charge in [0.2, 0.25) is 0 Å². The van der Waals surface area contributed by atoms with E-state index in [-0.39, 0.29) is 0 Å². The number of hydrogen-bond donors (Lipinski definition) is 0. The second-order valence-corrected chi connectivity index (χ2v) is 15.6. The number of thiophene rings is 1. The van der Waals surface area contributed by atoms with Crippen molar-refractivity contribution in [3.8, 4) is 34.2 Å². The molecule has 0 N–H and O–H groups in total. The van der Waals surface area contributed by atoms with E-state index in [1.54, 1.807) is 6.08 Å². The van der Waals surface area contributed by atoms with Crippen molar-refractivity contribution in [1.82, 2.24) is 19.1 Å². The SMILES string of the molecule is C=CC.c1ccc(-c2cc(-n3c4ccccc4c4c5c(ccc43)sc3ccc4c(c6ccccc6n4-c4cccc6ccccc46)c35)nc(-c3ccccc3)n2)cc1. The zero-order valence-electron chi connectivity index (χ0n) is 31.8. The van der Waals surface area contributed by atoms with Crippen LogP contribution in [0, 0.1) is 0 Å². The lowest BCUT2D eigenvalue weighted by molar-refractivity contribution is 1.05. The molecule has 4 aromatic heterocycles. The maximum atomic E-state index is 5.31. The Labute approximate surface area is 339 Å². The van der Waals surface area contributed by atoms with Crippen molar-refractivity contribution in [2.24, 2.45) is 0 Å². The molecule has 12 rings (SSSR count). The summed E-state index contributed by atoms with van der Waals surface area (Å²) in [5.41, 5.74) is 8.78. The number of allylic oxidation sites excluding steroid dienone is 1. The summed E-state index contributed by atoms with van der Waals surface area (Å²) in [7, 11) is 0. The molecule has 0 unspecified atom stereocenters. The number of fused-ring (bicyclic) bond motifs is 12. The Kier molecular flexibility index (Phi) is 8.02. The summed E-state index contributed by atoms with van der Waals surface area (Å²) in [6.07, 6.45) is 1.75. The molecule has 0 atom stereocenters. The van der Waals surface area contributed by atoms with E-state index in [9.17, 15) is 0 Å². The van der Waals surface area contributed by atoms with Crippen molar-refractivity contribution in [3.05, 3.63) is 195 Å². The molecule has 0 aliphatic heterocycles. The quantitative estimate of drug-likeness (QED) is 0.168. The molecule has 0 saturated heterocycles. The van der Waals surface area contributed by atoms with E-state index in [0.717, 1.165) is 33.7 Å². The third-order valence-corrected chi connectivity index (χ3v) is 12.2. The van der Waals surface area contributed by atoms with Gasteiger partial charge < -0.3 is 4.57 Å². The Bertz CT molecular complexity index is 3470. The Morgan fingerprint density at radius 1 is 0.466 bits per heavy atom. The molecular weight excluding hydrogens is 725 g/mol. The van der Waals surface area contributed by atoms with Crippen LogP contribution in [0.2, 0.25) is 0 Å². The standard InChI is InChI=1S/C50H30N4S.C3H6/c1-3-15-32(16-4-1)37-30-45(52-50(51-37)33-17-5-2-6-18-33)54-40-24-12-10-22-36(40)47-42(54)27-29-44-49(47)48-43(55-44)28-26-41-46(48)35-21-9-11-23-39(35)53(41)38-25-13-19-31-14-7-8-20-34(31)38;1-3-2/h1-30H;3H,1H2,2H3. The molecule has 58 heavy (non-hydrogen) atoms. The van der Waals surface area contributed by atoms with Gasteiger partial charge in [0.05, 0.1) is 33.4 Å². The number of nitrogens with zero attached hydrogens (tertiary/aromatic N) is 4. The third-order valence-electron chi connectivity index (χ3n) is 11.1. The lowest BCUT2D eigenvalue weighted by atomic mass is 10.0. The first-order chi connectivity index (χ1) is 28.7. The molecular formula is C53H36N4S. The molecule has 0 fully saturated rings. The van der Waals surface area contributed by atoms with E-state index < -0.39 is 0 Å². The number of para-hydroxylation sites is 2. The second-order valence-electron chi connectivity index (χ2n) is 14.5. The van der Waals surface area contributed by atoms with Crippen molar-refractivity contribution >= 4 is 85.9 Å². The molecule has 4 nitrogen and oxygen atoms in total. The molecule has 5 heteroatoms. The number of hydrogen-bond acceptors (Lipinski definition) is 3. The third kappa shape index (κ3) is 5.21. The van der Waals surface area contributed by atoms with Crippen LogP contribution >= 0.6 is 11.3 Å². The van der Waals surface area contributed by atoms with Crippen molar-refractivity contribution in [1.29, 1.82) is 0 Å². The molecule has 12 aromatic rings. The monoisotopic (exact) mass is 760 g/mol. The van der Waals surface area contributed by atoms with Crippen molar-refractivity contribution < 1.29 is 0 Å². The lowest BCUT2D eigenvalue weighted by Crippen LogP contribution is -2.02. The van der Waals surface area contributed by atoms with Crippen molar-refractivity contribution in [3.63, 3.8) is 0 Å². The van der Waals surface area contributed by atoms with Gasteiger partial charge in [-0.3, -0.25) is 4.57 Å². The molecule has 0 aliphatic carbocycles. The fourth-order valence-corrected chi connectivity index (χ4v) is 9.92. The van der Waals surface area contributed by atoms with E-state index in [2.05, 4.69) is 173 Å². The Morgan fingerprint density at radius 2 is 0.983 bits per heavy atom. The minimum Gasteiger partial charge on any atom is -0.309 e. The van der Waals surface area contributed by atoms with E-state index >= 15 is 0 Å². The normalized spacial score (nSPS) is 11.6. The maximum absolute atomic E-state index is 5.31. The van der Waals surface area contributed by atoms with Gasteiger partial charge in [0.15, 0.2) is 5.82 Å². The molecule has 0 bridgehead atoms. The summed E-state index contributed by atoms with van der Waals surface area (Å²) in [5, 5.41) is 10.1. The molecule has 0 amide bonds. The molecule has 0 saturated carbocycles. The number of rotatable bonds is 4. The van der Waals surface area contributed by atoms with E-state index in [1.807, 2.05) is 42.5 Å². The molecule has 274 valence electrons. The first-order valence-corrected chi connectivity index (χ1v) is 20.4. The first kappa shape index (κ1) is 34.0. The summed E-state index contributed by atoms with van der Waals surface area (Å²) in [4.78, 5) is 10.4. The van der Waals surface area contributed by atoms with Gasteiger partial charge >= 0.3 is 0 Å². The molecule has 4 heterocycles. The van der Waals surface area contributed by atoms with Crippen LogP contribution in [0.4, 0.5) is 0 Å². The highest BCUT2D eigenvalue weighted by molar-refractivity contribution is 7.26. The van der Waals surface area contributed by atoms with Gasteiger partial charge in [-0.05, 0) is 54.8 Å². The predicted octanol–water partition coefficient (Wildman–Crippen LogP) is 14.7. The van der Waals surface area contributed by atoms with Crippen LogP contribution in [0.3, 0.4) is 0 Å². The van der Waals surface area contributed by atoms with Gasteiger partial charge in [-0.1, -0.05) is 140 Å². The topological polar surface area (TPSA) is 35.6 Å². The van der Waals surface area contributed by atoms with Gasteiger partial charge in [0.25, 0.3) is 0 Å². The van der Waals surface area contributed by atoms with Crippen LogP contribution < -0.4 is 0 Å². The number of benzene rings is 8. The fourth-order valence-electron chi connectivity index (χ4n) is 8.80. The van der Waals surface area contributed by atoms with Gasteiger partial charge in [0.1, 0.15) is 5.82 Å². The molecule has 8 aromatic carbocycles. The minimum atomic E-state index is 0.702. The average molecular weight is 761 g/mol.